The summed E-state index contributed by atoms with van der Waals surface area (Å²) in [5.74, 6) is -8.02. The van der Waals surface area contributed by atoms with Gasteiger partial charge in [-0.15, -0.1) is 4.33 Å². The first kappa shape index (κ1) is 56.6. The monoisotopic (exact) mass is 1130 g/mol. The van der Waals surface area contributed by atoms with E-state index in [4.69, 9.17) is 14.0 Å². The van der Waals surface area contributed by atoms with Gasteiger partial charge in [-0.25, -0.2) is 5.26 Å². The third-order valence-electron chi connectivity index (χ3n) is 9.22. The summed E-state index contributed by atoms with van der Waals surface area (Å²) in [5.41, 5.74) is 0.606. The summed E-state index contributed by atoms with van der Waals surface area (Å²) in [7, 11) is -9.60. The summed E-state index contributed by atoms with van der Waals surface area (Å²) in [6.45, 7) is -3.54. The normalized spacial score (nSPS) is 11.8. The topological polar surface area (TPSA) is 475 Å². The molecule has 32 nitrogen and oxygen atoms in total. The molecule has 0 aliphatic carbocycles. The number of nitrogens with zero attached hydrogens (tertiary/aromatic N) is 8. The average molecular weight is 1130 g/mol. The van der Waals surface area contributed by atoms with Crippen LogP contribution in [0.1, 0.15) is 11.1 Å². The summed E-state index contributed by atoms with van der Waals surface area (Å²) in [4.78, 5) is 72.4. The van der Waals surface area contributed by atoms with Crippen molar-refractivity contribution in [3.63, 3.8) is 0 Å². The van der Waals surface area contributed by atoms with Crippen molar-refractivity contribution in [1.82, 2.24) is 29.9 Å². The molecule has 12 N–H and O–H groups in total. The van der Waals surface area contributed by atoms with Crippen LogP contribution in [-0.2, 0) is 60.1 Å². The van der Waals surface area contributed by atoms with Crippen LogP contribution in [0, 0.1) is 0 Å². The lowest BCUT2D eigenvalue weighted by Crippen LogP contribution is -2.36. The number of carboxylic acid groups (broad SMARTS) is 4. The minimum atomic E-state index is -5.04. The molecule has 36 heteroatoms. The molecule has 400 valence electrons. The molecule has 0 bridgehead atoms. The first-order chi connectivity index (χ1) is 35.9. The van der Waals surface area contributed by atoms with Crippen LogP contribution in [0.4, 0.5) is 58.4 Å². The molecule has 0 amide bonds. The predicted octanol–water partition coefficient (Wildman–Crippen LogP) is 3.59. The van der Waals surface area contributed by atoms with Gasteiger partial charge in [-0.3, -0.25) is 32.8 Å². The van der Waals surface area contributed by atoms with Crippen LogP contribution in [0.3, 0.4) is 0 Å². The number of anilines is 10. The van der Waals surface area contributed by atoms with Crippen molar-refractivity contribution in [2.75, 3.05) is 57.2 Å². The molecule has 0 radical (unpaired) electrons. The SMILES string of the molecule is O=C(O)CN(CC(=O)O)c1nc(Nc2ccc(S(=O)(=O)O)cc2)nc(Nc2ccc(/C=C/c3ccc(Nc4nc(Nc5ccc(OS(=O)O)cc5)nc(N(CC(=O)O)CC(=O)O)n4)cc3S(=O)(=O)O)c(SOOO)c2)n1. The predicted molar refractivity (Wildman–Crippen MR) is 264 cm³/mol. The lowest BCUT2D eigenvalue weighted by molar-refractivity contribution is -0.432. The Morgan fingerprint density at radius 2 is 0.961 bits per heavy atom. The van der Waals surface area contributed by atoms with Crippen LogP contribution in [0.15, 0.2) is 99.6 Å². The highest BCUT2D eigenvalue weighted by molar-refractivity contribution is 7.94. The average Bonchev–Trinajstić information content (AvgIpc) is 3.32. The number of hydrogen-bond donors (Lipinski definition) is 12. The highest BCUT2D eigenvalue weighted by Crippen LogP contribution is 2.32. The van der Waals surface area contributed by atoms with Crippen molar-refractivity contribution >= 4 is 138 Å². The molecule has 0 saturated carbocycles. The van der Waals surface area contributed by atoms with E-state index < -0.39 is 103 Å². The Morgan fingerprint density at radius 1 is 0.566 bits per heavy atom. The lowest BCUT2D eigenvalue weighted by Gasteiger charge is -2.20. The Kier molecular flexibility index (Phi) is 18.6. The van der Waals surface area contributed by atoms with Crippen molar-refractivity contribution in [2.24, 2.45) is 0 Å². The number of carboxylic acids is 4. The molecular formula is C40H36N12O20S4. The van der Waals surface area contributed by atoms with E-state index in [0.717, 1.165) is 28.0 Å². The first-order valence-corrected chi connectivity index (χ1v) is 25.1. The molecule has 2 heterocycles. The maximum Gasteiger partial charge on any atom is 0.357 e. The van der Waals surface area contributed by atoms with Crippen molar-refractivity contribution in [3.8, 4) is 5.75 Å². The number of aliphatic carboxylic acids is 4. The van der Waals surface area contributed by atoms with Gasteiger partial charge in [-0.05, 0) is 83.9 Å². The Labute approximate surface area is 433 Å². The van der Waals surface area contributed by atoms with Crippen molar-refractivity contribution in [1.29, 1.82) is 0 Å². The molecule has 0 spiro atoms. The smallest absolute Gasteiger partial charge is 0.357 e. The third kappa shape index (κ3) is 16.9. The minimum Gasteiger partial charge on any atom is -0.480 e. The molecule has 6 aromatic rings. The van der Waals surface area contributed by atoms with Crippen molar-refractivity contribution < 1.29 is 93.1 Å². The first-order valence-electron chi connectivity index (χ1n) is 20.4. The van der Waals surface area contributed by atoms with Crippen LogP contribution in [0.5, 0.6) is 5.75 Å². The molecule has 0 saturated heterocycles. The van der Waals surface area contributed by atoms with E-state index in [0.29, 0.717) is 12.0 Å². The Balaban J connectivity index is 1.32. The van der Waals surface area contributed by atoms with E-state index in [1.165, 1.54) is 78.9 Å². The molecule has 0 fully saturated rings. The van der Waals surface area contributed by atoms with Crippen LogP contribution in [0.2, 0.25) is 0 Å². The van der Waals surface area contributed by atoms with Crippen LogP contribution >= 0.6 is 12.0 Å². The Hall–Kier alpha value is -8.72. The number of nitrogens with one attached hydrogen (secondary N) is 4. The Morgan fingerprint density at radius 3 is 1.37 bits per heavy atom. The zero-order valence-electron chi connectivity index (χ0n) is 37.8. The van der Waals surface area contributed by atoms with Gasteiger partial charge in [0.25, 0.3) is 20.2 Å². The van der Waals surface area contributed by atoms with Crippen molar-refractivity contribution in [3.05, 3.63) is 96.1 Å². The molecule has 6 rings (SSSR count). The number of hydrogen-bond acceptors (Lipinski definition) is 26. The van der Waals surface area contributed by atoms with Gasteiger partial charge in [0, 0.05) is 27.6 Å². The second-order valence-corrected chi connectivity index (χ2v) is 18.9. The zero-order chi connectivity index (χ0) is 55.3. The number of aromatic nitrogens is 6. The van der Waals surface area contributed by atoms with Gasteiger partial charge in [0.2, 0.25) is 35.7 Å². The minimum absolute atomic E-state index is 0.00135. The number of benzene rings is 4. The second kappa shape index (κ2) is 25.0. The fourth-order valence-electron chi connectivity index (χ4n) is 6.21. The van der Waals surface area contributed by atoms with Gasteiger partial charge in [0.05, 0.1) is 16.9 Å². The summed E-state index contributed by atoms with van der Waals surface area (Å²) in [5, 5.41) is 61.9. The number of rotatable bonds is 27. The van der Waals surface area contributed by atoms with Gasteiger partial charge in [0.15, 0.2) is 0 Å². The van der Waals surface area contributed by atoms with E-state index in [1.807, 2.05) is 0 Å². The maximum atomic E-state index is 12.8. The van der Waals surface area contributed by atoms with Gasteiger partial charge >= 0.3 is 35.2 Å². The molecule has 1 atom stereocenters. The second-order valence-electron chi connectivity index (χ2n) is 14.7. The standard InChI is InChI=1S/C40H36N12O20S4/c53-31(54)17-51(18-32(55)56)39-48-36(42-24-9-13-28(14-10-24)75(64,65)66)45-37(49-39)43-25-5-3-21(29(15-25)73-72-71-61)1-2-22-4-6-26(16-30(22)76(67,68)69)44-38-46-35(41-23-7-11-27(12-8-23)70-74(62)63)47-40(50-38)52(19-33(57)58)20-34(59)60/h1-16,61H,17-20H2,(H,53,54)(H,55,56)(H,57,58)(H,59,60)(H,62,63)(H,64,65,66)(H,67,68,69)(H2,41,44,46,47,50)(H2,42,43,45,48,49)/b2-1+. The third-order valence-corrected chi connectivity index (χ3v) is 12.0. The molecule has 76 heavy (non-hydrogen) atoms. The van der Waals surface area contributed by atoms with E-state index in [2.05, 4.69) is 60.5 Å². The summed E-state index contributed by atoms with van der Waals surface area (Å²) in [6, 6.07) is 17.7. The van der Waals surface area contributed by atoms with Crippen LogP contribution in [-0.4, -0.2) is 140 Å². The molecule has 0 aliphatic heterocycles. The van der Waals surface area contributed by atoms with E-state index in [9.17, 15) is 69.8 Å². The molecular weight excluding hydrogens is 1100 g/mol. The van der Waals surface area contributed by atoms with Crippen LogP contribution in [0.25, 0.3) is 12.2 Å². The molecule has 0 aliphatic rings. The summed E-state index contributed by atoms with van der Waals surface area (Å²) < 4.78 is 97.9. The van der Waals surface area contributed by atoms with Crippen LogP contribution < -0.4 is 35.3 Å². The zero-order valence-corrected chi connectivity index (χ0v) is 41.0. The maximum absolute atomic E-state index is 12.8. The molecule has 2 aromatic heterocycles. The number of carbonyl (C=O) groups is 4. The molecule has 1 unspecified atom stereocenters. The Bertz CT molecular complexity index is 3400. The lowest BCUT2D eigenvalue weighted by atomic mass is 10.1. The highest BCUT2D eigenvalue weighted by Gasteiger charge is 2.23. The fraction of sp³-hybridized carbons (Fsp3) is 0.100. The van der Waals surface area contributed by atoms with Gasteiger partial charge in [-0.2, -0.15) is 50.9 Å². The summed E-state index contributed by atoms with van der Waals surface area (Å²) in [6.07, 6.45) is 2.61. The quantitative estimate of drug-likeness (QED) is 0.00875. The highest BCUT2D eigenvalue weighted by atomic mass is 32.2. The molecule has 4 aromatic carbocycles. The largest absolute Gasteiger partial charge is 0.480 e. The van der Waals surface area contributed by atoms with Gasteiger partial charge < -0.3 is 55.7 Å². The van der Waals surface area contributed by atoms with E-state index in [-0.39, 0.29) is 68.3 Å². The van der Waals surface area contributed by atoms with Gasteiger partial charge in [0.1, 0.15) is 36.8 Å². The van der Waals surface area contributed by atoms with E-state index >= 15 is 0 Å². The fourth-order valence-corrected chi connectivity index (χ4v) is 8.19. The summed E-state index contributed by atoms with van der Waals surface area (Å²) >= 11 is -2.19. The van der Waals surface area contributed by atoms with Crippen molar-refractivity contribution in [2.45, 2.75) is 14.7 Å². The van der Waals surface area contributed by atoms with E-state index in [1.54, 1.807) is 0 Å². The van der Waals surface area contributed by atoms with Gasteiger partial charge in [-0.1, -0.05) is 29.3 Å².